The number of halogens is 2. The van der Waals surface area contributed by atoms with Crippen molar-refractivity contribution in [3.63, 3.8) is 0 Å². The van der Waals surface area contributed by atoms with Gasteiger partial charge in [0.25, 0.3) is 0 Å². The average Bonchev–Trinajstić information content (AvgIpc) is 2.32. The number of nitrogens with two attached hydrogens (primary N) is 1. The number of rotatable bonds is 2. The fourth-order valence-electron chi connectivity index (χ4n) is 1.77. The van der Waals surface area contributed by atoms with Gasteiger partial charge in [-0.1, -0.05) is 41.9 Å². The van der Waals surface area contributed by atoms with E-state index in [0.717, 1.165) is 11.1 Å². The SMILES string of the molecule is Cc1cc(C(N)c2ccccc2F)ccc1Cl. The highest BCUT2D eigenvalue weighted by molar-refractivity contribution is 6.31. The van der Waals surface area contributed by atoms with E-state index in [9.17, 15) is 4.39 Å². The minimum absolute atomic E-state index is 0.285. The van der Waals surface area contributed by atoms with Gasteiger partial charge in [0.15, 0.2) is 0 Å². The summed E-state index contributed by atoms with van der Waals surface area (Å²) in [5.74, 6) is -0.285. The quantitative estimate of drug-likeness (QED) is 0.860. The van der Waals surface area contributed by atoms with Crippen LogP contribution in [0.1, 0.15) is 22.7 Å². The molecule has 0 saturated carbocycles. The van der Waals surface area contributed by atoms with E-state index in [0.29, 0.717) is 10.6 Å². The summed E-state index contributed by atoms with van der Waals surface area (Å²) < 4.78 is 13.6. The van der Waals surface area contributed by atoms with Gasteiger partial charge in [0, 0.05) is 10.6 Å². The lowest BCUT2D eigenvalue weighted by molar-refractivity contribution is 0.599. The van der Waals surface area contributed by atoms with Gasteiger partial charge in [-0.2, -0.15) is 0 Å². The van der Waals surface area contributed by atoms with E-state index < -0.39 is 6.04 Å². The zero-order valence-electron chi connectivity index (χ0n) is 9.45. The lowest BCUT2D eigenvalue weighted by Gasteiger charge is -2.14. The molecule has 0 aromatic heterocycles. The third-order valence-electron chi connectivity index (χ3n) is 2.78. The predicted octanol–water partition coefficient (Wildman–Crippen LogP) is 3.84. The number of aryl methyl sites for hydroxylation is 1. The van der Waals surface area contributed by atoms with Crippen molar-refractivity contribution in [1.82, 2.24) is 0 Å². The van der Waals surface area contributed by atoms with E-state index in [1.807, 2.05) is 19.1 Å². The molecule has 0 aliphatic rings. The van der Waals surface area contributed by atoms with Crippen molar-refractivity contribution in [3.05, 3.63) is 70.0 Å². The Morgan fingerprint density at radius 1 is 1.18 bits per heavy atom. The summed E-state index contributed by atoms with van der Waals surface area (Å²) in [6, 6.07) is 11.6. The van der Waals surface area contributed by atoms with Crippen molar-refractivity contribution < 1.29 is 4.39 Å². The predicted molar refractivity (Wildman–Crippen MR) is 68.6 cm³/mol. The van der Waals surface area contributed by atoms with Gasteiger partial charge in [-0.3, -0.25) is 0 Å². The number of hydrogen-bond acceptors (Lipinski definition) is 1. The third kappa shape index (κ3) is 2.48. The van der Waals surface area contributed by atoms with Crippen LogP contribution in [0.5, 0.6) is 0 Å². The van der Waals surface area contributed by atoms with Crippen LogP contribution in [-0.2, 0) is 0 Å². The van der Waals surface area contributed by atoms with Gasteiger partial charge in [-0.15, -0.1) is 0 Å². The maximum atomic E-state index is 13.6. The van der Waals surface area contributed by atoms with E-state index in [4.69, 9.17) is 17.3 Å². The Labute approximate surface area is 105 Å². The topological polar surface area (TPSA) is 26.0 Å². The Morgan fingerprint density at radius 2 is 1.88 bits per heavy atom. The highest BCUT2D eigenvalue weighted by Crippen LogP contribution is 2.25. The van der Waals surface area contributed by atoms with E-state index in [1.54, 1.807) is 24.3 Å². The van der Waals surface area contributed by atoms with Crippen molar-refractivity contribution in [2.75, 3.05) is 0 Å². The minimum atomic E-state index is -0.466. The second kappa shape index (κ2) is 4.86. The van der Waals surface area contributed by atoms with Gasteiger partial charge in [0.2, 0.25) is 0 Å². The average molecular weight is 250 g/mol. The second-order valence-corrected chi connectivity index (χ2v) is 4.42. The Hall–Kier alpha value is -1.38. The van der Waals surface area contributed by atoms with Crippen LogP contribution in [-0.4, -0.2) is 0 Å². The highest BCUT2D eigenvalue weighted by Gasteiger charge is 2.13. The fourth-order valence-corrected chi connectivity index (χ4v) is 1.89. The van der Waals surface area contributed by atoms with Crippen molar-refractivity contribution in [3.8, 4) is 0 Å². The molecule has 1 nitrogen and oxygen atoms in total. The maximum absolute atomic E-state index is 13.6. The zero-order valence-corrected chi connectivity index (χ0v) is 10.2. The van der Waals surface area contributed by atoms with Crippen molar-refractivity contribution in [2.24, 2.45) is 5.73 Å². The molecule has 0 aliphatic heterocycles. The molecule has 3 heteroatoms. The number of hydrogen-bond donors (Lipinski definition) is 1. The van der Waals surface area contributed by atoms with E-state index >= 15 is 0 Å². The van der Waals surface area contributed by atoms with Gasteiger partial charge in [0.1, 0.15) is 5.82 Å². The van der Waals surface area contributed by atoms with E-state index in [-0.39, 0.29) is 5.82 Å². The Balaban J connectivity index is 2.40. The molecular formula is C14H13ClFN. The smallest absolute Gasteiger partial charge is 0.128 e. The highest BCUT2D eigenvalue weighted by atomic mass is 35.5. The van der Waals surface area contributed by atoms with Crippen LogP contribution in [0.3, 0.4) is 0 Å². The largest absolute Gasteiger partial charge is 0.320 e. The van der Waals surface area contributed by atoms with Crippen LogP contribution in [0, 0.1) is 12.7 Å². The molecule has 2 rings (SSSR count). The summed E-state index contributed by atoms with van der Waals surface area (Å²) in [5.41, 5.74) is 8.35. The van der Waals surface area contributed by atoms with Crippen LogP contribution < -0.4 is 5.73 Å². The molecule has 1 unspecified atom stereocenters. The van der Waals surface area contributed by atoms with Crippen molar-refractivity contribution in [2.45, 2.75) is 13.0 Å². The first-order valence-electron chi connectivity index (χ1n) is 5.35. The fraction of sp³-hybridized carbons (Fsp3) is 0.143. The summed E-state index contributed by atoms with van der Waals surface area (Å²) in [6.45, 7) is 1.90. The summed E-state index contributed by atoms with van der Waals surface area (Å²) >= 11 is 5.95. The molecule has 0 heterocycles. The summed E-state index contributed by atoms with van der Waals surface area (Å²) in [7, 11) is 0. The van der Waals surface area contributed by atoms with Crippen molar-refractivity contribution >= 4 is 11.6 Å². The molecule has 0 aliphatic carbocycles. The van der Waals surface area contributed by atoms with E-state index in [1.165, 1.54) is 6.07 Å². The molecule has 0 radical (unpaired) electrons. The normalized spacial score (nSPS) is 12.5. The Kier molecular flexibility index (Phi) is 3.46. The Morgan fingerprint density at radius 3 is 2.53 bits per heavy atom. The summed E-state index contributed by atoms with van der Waals surface area (Å²) in [4.78, 5) is 0. The van der Waals surface area contributed by atoms with Gasteiger partial charge in [0.05, 0.1) is 6.04 Å². The first kappa shape index (κ1) is 12.1. The molecule has 0 saturated heterocycles. The third-order valence-corrected chi connectivity index (χ3v) is 3.21. The lowest BCUT2D eigenvalue weighted by Crippen LogP contribution is -2.13. The molecule has 0 bridgehead atoms. The van der Waals surface area contributed by atoms with Gasteiger partial charge in [-0.05, 0) is 30.2 Å². The van der Waals surface area contributed by atoms with Gasteiger partial charge < -0.3 is 5.73 Å². The molecule has 0 fully saturated rings. The molecule has 2 aromatic rings. The molecule has 2 aromatic carbocycles. The van der Waals surface area contributed by atoms with Crippen molar-refractivity contribution in [1.29, 1.82) is 0 Å². The van der Waals surface area contributed by atoms with Gasteiger partial charge >= 0.3 is 0 Å². The minimum Gasteiger partial charge on any atom is -0.320 e. The Bertz CT molecular complexity index is 539. The first-order valence-corrected chi connectivity index (χ1v) is 5.73. The molecule has 0 amide bonds. The monoisotopic (exact) mass is 249 g/mol. The van der Waals surface area contributed by atoms with Gasteiger partial charge in [-0.25, -0.2) is 4.39 Å². The second-order valence-electron chi connectivity index (χ2n) is 4.01. The molecule has 2 N–H and O–H groups in total. The van der Waals surface area contributed by atoms with E-state index in [2.05, 4.69) is 0 Å². The molecular weight excluding hydrogens is 237 g/mol. The standard InChI is InChI=1S/C14H13ClFN/c1-9-8-10(6-7-12(9)15)14(17)11-4-2-3-5-13(11)16/h2-8,14H,17H2,1H3. The van der Waals surface area contributed by atoms with Crippen LogP contribution in [0.4, 0.5) is 4.39 Å². The van der Waals surface area contributed by atoms with Crippen LogP contribution >= 0.6 is 11.6 Å². The van der Waals surface area contributed by atoms with Crippen LogP contribution in [0.2, 0.25) is 5.02 Å². The summed E-state index contributed by atoms with van der Waals surface area (Å²) in [5, 5.41) is 0.689. The molecule has 1 atom stereocenters. The lowest BCUT2D eigenvalue weighted by atomic mass is 9.98. The first-order chi connectivity index (χ1) is 8.09. The zero-order chi connectivity index (χ0) is 12.4. The van der Waals surface area contributed by atoms with Crippen LogP contribution in [0.25, 0.3) is 0 Å². The summed E-state index contributed by atoms with van der Waals surface area (Å²) in [6.07, 6.45) is 0. The number of benzene rings is 2. The maximum Gasteiger partial charge on any atom is 0.128 e. The molecule has 0 spiro atoms. The van der Waals surface area contributed by atoms with Crippen LogP contribution in [0.15, 0.2) is 42.5 Å². The molecule has 17 heavy (non-hydrogen) atoms. The molecule has 88 valence electrons.